The fourth-order valence-electron chi connectivity index (χ4n) is 1.32. The number of carbonyl (C=O) groups excluding carboxylic acids is 1. The van der Waals surface area contributed by atoms with Crippen molar-refractivity contribution in [1.29, 1.82) is 0 Å². The smallest absolute Gasteiger partial charge is 0.412 e. The van der Waals surface area contributed by atoms with Crippen LogP contribution in [0.25, 0.3) is 0 Å². The minimum absolute atomic E-state index is 0.0666. The average Bonchev–Trinajstić information content (AvgIpc) is 2.35. The van der Waals surface area contributed by atoms with Crippen LogP contribution >= 0.6 is 15.9 Å². The van der Waals surface area contributed by atoms with Crippen LogP contribution in [0.4, 0.5) is 10.5 Å². The second-order valence-electron chi connectivity index (χ2n) is 5.49. The summed E-state index contributed by atoms with van der Waals surface area (Å²) in [6.07, 6.45) is 0.910. The molecule has 0 bridgehead atoms. The summed E-state index contributed by atoms with van der Waals surface area (Å²) >= 11 is 3.26. The molecule has 0 spiro atoms. The Balaban J connectivity index is 2.79. The molecule has 0 saturated carbocycles. The maximum absolute atomic E-state index is 11.8. The van der Waals surface area contributed by atoms with E-state index in [4.69, 9.17) is 14.2 Å². The van der Waals surface area contributed by atoms with Gasteiger partial charge in [0.15, 0.2) is 5.75 Å². The van der Waals surface area contributed by atoms with Crippen molar-refractivity contribution < 1.29 is 19.0 Å². The number of halogens is 1. The lowest BCUT2D eigenvalue weighted by molar-refractivity contribution is 0.0632. The maximum Gasteiger partial charge on any atom is 0.412 e. The highest BCUT2D eigenvalue weighted by molar-refractivity contribution is 9.10. The third-order valence-corrected chi connectivity index (χ3v) is 2.78. The van der Waals surface area contributed by atoms with E-state index in [1.807, 2.05) is 6.92 Å². The Kier molecular flexibility index (Phi) is 6.42. The molecule has 0 aliphatic carbocycles. The van der Waals surface area contributed by atoms with Gasteiger partial charge >= 0.3 is 6.09 Å². The molecule has 0 radical (unpaired) electrons. The van der Waals surface area contributed by atoms with Crippen molar-refractivity contribution in [2.45, 2.75) is 39.4 Å². The van der Waals surface area contributed by atoms with E-state index in [0.717, 1.165) is 0 Å². The number of hydrogen-bond donors (Lipinski definition) is 1. The summed E-state index contributed by atoms with van der Waals surface area (Å²) in [5.41, 5.74) is -0.0886. The Morgan fingerprint density at radius 2 is 2.14 bits per heavy atom. The largest absolute Gasteiger partial charge is 0.487 e. The highest BCUT2D eigenvalue weighted by Gasteiger charge is 2.18. The first kappa shape index (κ1) is 17.7. The molecular weight excluding hydrogens is 340 g/mol. The monoisotopic (exact) mass is 360 g/mol. The predicted octanol–water partition coefficient (Wildman–Crippen LogP) is 3.60. The third kappa shape index (κ3) is 6.77. The van der Waals surface area contributed by atoms with Crippen molar-refractivity contribution >= 4 is 27.7 Å². The molecule has 0 aliphatic heterocycles. The first-order valence-corrected chi connectivity index (χ1v) is 7.31. The molecule has 21 heavy (non-hydrogen) atoms. The zero-order valence-corrected chi connectivity index (χ0v) is 14.5. The average molecular weight is 361 g/mol. The topological polar surface area (TPSA) is 69.7 Å². The van der Waals surface area contributed by atoms with E-state index in [0.29, 0.717) is 22.6 Å². The summed E-state index contributed by atoms with van der Waals surface area (Å²) in [6.45, 7) is 7.63. The Labute approximate surface area is 133 Å². The van der Waals surface area contributed by atoms with Gasteiger partial charge in [0.2, 0.25) is 0 Å². The van der Waals surface area contributed by atoms with Crippen LogP contribution in [-0.2, 0) is 9.47 Å². The van der Waals surface area contributed by atoms with E-state index in [1.165, 1.54) is 6.20 Å². The van der Waals surface area contributed by atoms with E-state index < -0.39 is 11.7 Å². The summed E-state index contributed by atoms with van der Waals surface area (Å²) in [5.74, 6) is 0.452. The molecular formula is C14H21BrN2O4. The SMILES string of the molecule is COC(C)COc1cnc(Br)cc1NC(=O)OC(C)(C)C. The predicted molar refractivity (Wildman–Crippen MR) is 83.8 cm³/mol. The van der Waals surface area contributed by atoms with E-state index >= 15 is 0 Å². The number of nitrogens with zero attached hydrogens (tertiary/aromatic N) is 1. The van der Waals surface area contributed by atoms with Gasteiger partial charge in [0.1, 0.15) is 16.8 Å². The van der Waals surface area contributed by atoms with Crippen LogP contribution in [-0.4, -0.2) is 36.5 Å². The number of aromatic nitrogens is 1. The van der Waals surface area contributed by atoms with E-state index in [9.17, 15) is 4.79 Å². The first-order valence-electron chi connectivity index (χ1n) is 6.52. The highest BCUT2D eigenvalue weighted by atomic mass is 79.9. The number of carbonyl (C=O) groups is 1. The number of amides is 1. The molecule has 7 heteroatoms. The molecule has 6 nitrogen and oxygen atoms in total. The number of nitrogens with one attached hydrogen (secondary N) is 1. The lowest BCUT2D eigenvalue weighted by Gasteiger charge is -2.20. The van der Waals surface area contributed by atoms with Crippen molar-refractivity contribution in [2.75, 3.05) is 19.0 Å². The molecule has 1 aromatic heterocycles. The van der Waals surface area contributed by atoms with Crippen LogP contribution in [0, 0.1) is 0 Å². The van der Waals surface area contributed by atoms with E-state index in [-0.39, 0.29) is 6.10 Å². The van der Waals surface area contributed by atoms with Gasteiger partial charge in [-0.1, -0.05) is 0 Å². The van der Waals surface area contributed by atoms with Crippen LogP contribution in [0.1, 0.15) is 27.7 Å². The summed E-state index contributed by atoms with van der Waals surface area (Å²) in [6, 6.07) is 1.65. The Bertz CT molecular complexity index is 488. The molecule has 1 amide bonds. The third-order valence-electron chi connectivity index (χ3n) is 2.35. The molecule has 0 saturated heterocycles. The second-order valence-corrected chi connectivity index (χ2v) is 6.30. The Morgan fingerprint density at radius 1 is 1.48 bits per heavy atom. The molecule has 1 rings (SSSR count). The van der Waals surface area contributed by atoms with Crippen molar-refractivity contribution in [1.82, 2.24) is 4.98 Å². The highest BCUT2D eigenvalue weighted by Crippen LogP contribution is 2.27. The molecule has 1 heterocycles. The lowest BCUT2D eigenvalue weighted by Crippen LogP contribution is -2.27. The minimum atomic E-state index is -0.570. The van der Waals surface area contributed by atoms with Crippen LogP contribution in [0.3, 0.4) is 0 Å². The van der Waals surface area contributed by atoms with Gasteiger partial charge in [-0.3, -0.25) is 5.32 Å². The van der Waals surface area contributed by atoms with Crippen molar-refractivity contribution in [3.05, 3.63) is 16.9 Å². The van der Waals surface area contributed by atoms with Crippen LogP contribution in [0.15, 0.2) is 16.9 Å². The number of methoxy groups -OCH3 is 1. The second kappa shape index (κ2) is 7.61. The number of hydrogen-bond acceptors (Lipinski definition) is 5. The van der Waals surface area contributed by atoms with Gasteiger partial charge in [0, 0.05) is 7.11 Å². The summed E-state index contributed by atoms with van der Waals surface area (Å²) in [7, 11) is 1.60. The molecule has 1 atom stereocenters. The maximum atomic E-state index is 11.8. The van der Waals surface area contributed by atoms with Gasteiger partial charge in [-0.2, -0.15) is 0 Å². The number of pyridine rings is 1. The van der Waals surface area contributed by atoms with Gasteiger partial charge < -0.3 is 14.2 Å². The lowest BCUT2D eigenvalue weighted by atomic mass is 10.2. The van der Waals surface area contributed by atoms with Crippen molar-refractivity contribution in [3.63, 3.8) is 0 Å². The molecule has 1 aromatic rings. The normalized spacial score (nSPS) is 12.7. The van der Waals surface area contributed by atoms with Crippen molar-refractivity contribution in [2.24, 2.45) is 0 Å². The molecule has 0 fully saturated rings. The standard InChI is InChI=1S/C14H21BrN2O4/c1-9(19-5)8-20-11-7-16-12(15)6-10(11)17-13(18)21-14(2,3)4/h6-7,9H,8H2,1-5H3,(H,16,17,18). The molecule has 118 valence electrons. The zero-order valence-electron chi connectivity index (χ0n) is 12.9. The van der Waals surface area contributed by atoms with Crippen LogP contribution in [0.2, 0.25) is 0 Å². The van der Waals surface area contributed by atoms with Crippen LogP contribution in [0.5, 0.6) is 5.75 Å². The summed E-state index contributed by atoms with van der Waals surface area (Å²) in [5, 5.41) is 2.65. The Morgan fingerprint density at radius 3 is 2.71 bits per heavy atom. The fourth-order valence-corrected chi connectivity index (χ4v) is 1.65. The van der Waals surface area contributed by atoms with Crippen LogP contribution < -0.4 is 10.1 Å². The first-order chi connectivity index (χ1) is 9.71. The van der Waals surface area contributed by atoms with E-state index in [2.05, 4.69) is 26.2 Å². The molecule has 0 aliphatic rings. The quantitative estimate of drug-likeness (QED) is 0.812. The fraction of sp³-hybridized carbons (Fsp3) is 0.571. The minimum Gasteiger partial charge on any atom is -0.487 e. The number of ether oxygens (including phenoxy) is 3. The molecule has 1 N–H and O–H groups in total. The van der Waals surface area contributed by atoms with Gasteiger partial charge in [0.05, 0.1) is 18.0 Å². The number of rotatable bonds is 5. The van der Waals surface area contributed by atoms with Gasteiger partial charge in [0.25, 0.3) is 0 Å². The van der Waals surface area contributed by atoms with Gasteiger partial charge in [-0.05, 0) is 49.7 Å². The van der Waals surface area contributed by atoms with Crippen molar-refractivity contribution in [3.8, 4) is 5.75 Å². The number of anilines is 1. The van der Waals surface area contributed by atoms with E-state index in [1.54, 1.807) is 33.9 Å². The molecule has 0 aromatic carbocycles. The van der Waals surface area contributed by atoms with Gasteiger partial charge in [-0.15, -0.1) is 0 Å². The Hall–Kier alpha value is -1.34. The summed E-state index contributed by atoms with van der Waals surface area (Å²) in [4.78, 5) is 15.9. The molecule has 1 unspecified atom stereocenters. The van der Waals surface area contributed by atoms with Gasteiger partial charge in [-0.25, -0.2) is 9.78 Å². The zero-order chi connectivity index (χ0) is 16.0. The summed E-state index contributed by atoms with van der Waals surface area (Å²) < 4.78 is 16.5.